The van der Waals surface area contributed by atoms with Crippen LogP contribution in [0.5, 0.6) is 0 Å². The van der Waals surface area contributed by atoms with Gasteiger partial charge in [0.2, 0.25) is 5.71 Å². The molecule has 1 aliphatic heterocycles. The van der Waals surface area contributed by atoms with Gasteiger partial charge in [0.05, 0.1) is 4.88 Å². The van der Waals surface area contributed by atoms with Gasteiger partial charge < -0.3 is 15.6 Å². The van der Waals surface area contributed by atoms with Gasteiger partial charge in [0.15, 0.2) is 0 Å². The molecule has 1 aliphatic rings. The number of thiophene rings is 1. The van der Waals surface area contributed by atoms with Crippen LogP contribution in [0.1, 0.15) is 32.6 Å². The smallest absolute Gasteiger partial charge is 0.290 e. The topological polar surface area (TPSA) is 82.1 Å². The Morgan fingerprint density at radius 3 is 2.58 bits per heavy atom. The van der Waals surface area contributed by atoms with Crippen LogP contribution in [0.3, 0.4) is 0 Å². The Morgan fingerprint density at radius 2 is 2.11 bits per heavy atom. The molecule has 7 heteroatoms. The quantitative estimate of drug-likeness (QED) is 0.286. The summed E-state index contributed by atoms with van der Waals surface area (Å²) in [6, 6.07) is 3.68. The van der Waals surface area contributed by atoms with Crippen molar-refractivity contribution in [3.05, 3.63) is 27.6 Å². The lowest BCUT2D eigenvalue weighted by molar-refractivity contribution is -0.560. The normalized spacial score (nSPS) is 28.2. The van der Waals surface area contributed by atoms with E-state index in [2.05, 4.69) is 5.16 Å². The molecule has 0 aromatic carbocycles. The second kappa shape index (κ2) is 4.29. The fourth-order valence-electron chi connectivity index (χ4n) is 2.41. The van der Waals surface area contributed by atoms with Crippen molar-refractivity contribution in [2.75, 3.05) is 0 Å². The van der Waals surface area contributed by atoms with Crippen LogP contribution in [0.15, 0.2) is 22.7 Å². The number of hydrogen-bond donors (Lipinski definition) is 2. The van der Waals surface area contributed by atoms with E-state index < -0.39 is 11.2 Å². The molecule has 2 heterocycles. The van der Waals surface area contributed by atoms with Crippen molar-refractivity contribution in [1.82, 2.24) is 5.06 Å². The highest BCUT2D eigenvalue weighted by atomic mass is 32.1. The predicted octanol–water partition coefficient (Wildman–Crippen LogP) is 2.10. The first-order valence-corrected chi connectivity index (χ1v) is 6.73. The van der Waals surface area contributed by atoms with Gasteiger partial charge >= 0.3 is 0 Å². The van der Waals surface area contributed by atoms with Crippen LogP contribution >= 0.6 is 11.3 Å². The van der Waals surface area contributed by atoms with Crippen molar-refractivity contribution in [1.29, 1.82) is 0 Å². The maximum absolute atomic E-state index is 12.6. The summed E-state index contributed by atoms with van der Waals surface area (Å²) in [6.07, 6.45) is 0. The first kappa shape index (κ1) is 14.0. The second-order valence-corrected chi connectivity index (χ2v) is 6.15. The molecule has 104 valence electrons. The summed E-state index contributed by atoms with van der Waals surface area (Å²) in [7, 11) is 0. The molecule has 0 bridgehead atoms. The van der Waals surface area contributed by atoms with Crippen LogP contribution in [-0.4, -0.2) is 42.8 Å². The molecule has 0 spiro atoms. The summed E-state index contributed by atoms with van der Waals surface area (Å²) < 4.78 is 0.716. The molecular weight excluding hydrogens is 266 g/mol. The third-order valence-electron chi connectivity index (χ3n) is 3.71. The summed E-state index contributed by atoms with van der Waals surface area (Å²) in [5, 5.41) is 37.9. The Balaban J connectivity index is 2.70. The van der Waals surface area contributed by atoms with E-state index in [-0.39, 0.29) is 5.71 Å². The maximum Gasteiger partial charge on any atom is 0.290 e. The lowest BCUT2D eigenvalue weighted by Crippen LogP contribution is -2.57. The van der Waals surface area contributed by atoms with Gasteiger partial charge in [-0.1, -0.05) is 11.2 Å². The summed E-state index contributed by atoms with van der Waals surface area (Å²) in [5.41, 5.74) is -1.72. The highest BCUT2D eigenvalue weighted by Gasteiger charge is 2.61. The number of rotatable bonds is 2. The molecule has 0 aliphatic carbocycles. The van der Waals surface area contributed by atoms with Gasteiger partial charge in [-0.3, -0.25) is 0 Å². The average Bonchev–Trinajstić information content (AvgIpc) is 2.92. The van der Waals surface area contributed by atoms with E-state index in [0.29, 0.717) is 10.5 Å². The summed E-state index contributed by atoms with van der Waals surface area (Å²) in [4.78, 5) is 0.786. The van der Waals surface area contributed by atoms with E-state index in [9.17, 15) is 10.4 Å². The molecule has 0 fully saturated rings. The van der Waals surface area contributed by atoms with E-state index in [4.69, 9.17) is 5.21 Å². The van der Waals surface area contributed by atoms with Crippen molar-refractivity contribution < 1.29 is 15.2 Å². The second-order valence-electron chi connectivity index (χ2n) is 5.20. The minimum atomic E-state index is -1.42. The lowest BCUT2D eigenvalue weighted by atomic mass is 9.97. The average molecular weight is 283 g/mol. The number of nitrogens with zero attached hydrogens (tertiary/aromatic N) is 3. The van der Waals surface area contributed by atoms with E-state index in [1.165, 1.54) is 25.2 Å². The van der Waals surface area contributed by atoms with E-state index in [1.54, 1.807) is 13.8 Å². The summed E-state index contributed by atoms with van der Waals surface area (Å²) in [6.45, 7) is 6.53. The molecule has 1 aromatic heterocycles. The third kappa shape index (κ3) is 1.69. The summed E-state index contributed by atoms with van der Waals surface area (Å²) >= 11 is 1.43. The fourth-order valence-corrected chi connectivity index (χ4v) is 3.31. The molecule has 1 atom stereocenters. The number of hydrogen-bond acceptors (Lipinski definition) is 6. The van der Waals surface area contributed by atoms with Crippen molar-refractivity contribution >= 4 is 22.8 Å². The van der Waals surface area contributed by atoms with Crippen LogP contribution in [0.2, 0.25) is 0 Å². The first-order valence-electron chi connectivity index (χ1n) is 5.85. The molecule has 0 saturated heterocycles. The van der Waals surface area contributed by atoms with E-state index in [0.717, 1.165) is 9.94 Å². The molecule has 6 nitrogen and oxygen atoms in total. The predicted molar refractivity (Wildman–Crippen MR) is 73.1 cm³/mol. The summed E-state index contributed by atoms with van der Waals surface area (Å²) in [5.74, 6) is 0. The van der Waals surface area contributed by atoms with Crippen molar-refractivity contribution in [3.8, 4) is 0 Å². The van der Waals surface area contributed by atoms with Crippen LogP contribution in [0.25, 0.3) is 0 Å². The zero-order valence-corrected chi connectivity index (χ0v) is 12.1. The number of oxime groups is 1. The maximum atomic E-state index is 12.6. The number of hydroxylamine groups is 3. The molecule has 0 unspecified atom stereocenters. The monoisotopic (exact) mass is 283 g/mol. The van der Waals surface area contributed by atoms with Gasteiger partial charge in [0.1, 0.15) is 11.3 Å². The van der Waals surface area contributed by atoms with Crippen LogP contribution < -0.4 is 0 Å². The minimum Gasteiger partial charge on any atom is -0.622 e. The van der Waals surface area contributed by atoms with E-state index >= 15 is 0 Å². The lowest BCUT2D eigenvalue weighted by Gasteiger charge is -2.31. The molecule has 0 radical (unpaired) electrons. The first-order chi connectivity index (χ1) is 8.77. The van der Waals surface area contributed by atoms with Crippen molar-refractivity contribution in [2.24, 2.45) is 5.16 Å². The largest absolute Gasteiger partial charge is 0.622 e. The molecular formula is C12H17N3O3S. The van der Waals surface area contributed by atoms with Crippen molar-refractivity contribution in [3.63, 3.8) is 0 Å². The van der Waals surface area contributed by atoms with Crippen molar-refractivity contribution in [2.45, 2.75) is 38.9 Å². The van der Waals surface area contributed by atoms with Crippen LogP contribution in [-0.2, 0) is 0 Å². The van der Waals surface area contributed by atoms with Gasteiger partial charge in [-0.2, -0.15) is 4.74 Å². The molecule has 19 heavy (non-hydrogen) atoms. The highest BCUT2D eigenvalue weighted by molar-refractivity contribution is 7.12. The zero-order chi connectivity index (χ0) is 14.4. The van der Waals surface area contributed by atoms with E-state index in [1.807, 2.05) is 17.5 Å². The Morgan fingerprint density at radius 1 is 1.47 bits per heavy atom. The van der Waals surface area contributed by atoms with Gasteiger partial charge in [-0.05, 0) is 32.2 Å². The Hall–Kier alpha value is -1.44. The van der Waals surface area contributed by atoms with Gasteiger partial charge in [-0.25, -0.2) is 0 Å². The minimum absolute atomic E-state index is 0.129. The van der Waals surface area contributed by atoms with Crippen LogP contribution in [0.4, 0.5) is 0 Å². The Labute approximate surface area is 115 Å². The third-order valence-corrected chi connectivity index (χ3v) is 4.59. The van der Waals surface area contributed by atoms with Gasteiger partial charge in [-0.15, -0.1) is 16.4 Å². The highest BCUT2D eigenvalue weighted by Crippen LogP contribution is 2.37. The SMILES string of the molecule is C/C(=N/O)[C@@]1(C)N(O)C(C)(C)C(c2cccs2)=[N+]1[O-]. The zero-order valence-electron chi connectivity index (χ0n) is 11.3. The fraction of sp³-hybridized carbons (Fsp3) is 0.500. The standard InChI is InChI=1S/C12H17N3O3S/c1-8(13-16)12(4)14(17)10(9-6-5-7-19-9)11(2,3)15(12)18/h5-7,16,18H,1-4H3/b13-8-/t12-/m1/s1. The molecule has 1 aromatic rings. The Bertz CT molecular complexity index is 551. The Kier molecular flexibility index (Phi) is 3.16. The molecule has 0 saturated carbocycles. The van der Waals surface area contributed by atoms with Gasteiger partial charge in [0, 0.05) is 6.92 Å². The molecule has 0 amide bonds. The van der Waals surface area contributed by atoms with Crippen LogP contribution in [0, 0.1) is 5.21 Å². The molecule has 2 N–H and O–H groups in total. The molecule has 2 rings (SSSR count). The van der Waals surface area contributed by atoms with Gasteiger partial charge in [0.25, 0.3) is 5.66 Å².